The van der Waals surface area contributed by atoms with Gasteiger partial charge in [0.1, 0.15) is 11.9 Å². The van der Waals surface area contributed by atoms with E-state index in [2.05, 4.69) is 13.0 Å². The van der Waals surface area contributed by atoms with E-state index in [1.54, 1.807) is 18.2 Å². The smallest absolute Gasteiger partial charge is 0.331 e. The third kappa shape index (κ3) is 5.29. The average molecular weight is 538 g/mol. The summed E-state index contributed by atoms with van der Waals surface area (Å²) in [4.78, 5) is 25.0. The maximum atomic E-state index is 12.7. The molecule has 0 aromatic heterocycles. The first-order valence-electron chi connectivity index (χ1n) is 13.4. The summed E-state index contributed by atoms with van der Waals surface area (Å²) in [6, 6.07) is 11.9. The van der Waals surface area contributed by atoms with Gasteiger partial charge in [0.05, 0.1) is 4.90 Å². The van der Waals surface area contributed by atoms with Gasteiger partial charge in [-0.05, 0) is 110 Å². The highest BCUT2D eigenvalue weighted by molar-refractivity contribution is 7.89. The second-order valence-corrected chi connectivity index (χ2v) is 12.9. The average Bonchev–Trinajstić information content (AvgIpc) is 3.21. The van der Waals surface area contributed by atoms with Crippen LogP contribution in [0.25, 0.3) is 0 Å². The Balaban J connectivity index is 1.15. The molecule has 0 aliphatic heterocycles. The van der Waals surface area contributed by atoms with Crippen LogP contribution in [-0.2, 0) is 37.2 Å². The zero-order valence-electron chi connectivity index (χ0n) is 21.6. The van der Waals surface area contributed by atoms with Crippen LogP contribution in [0.15, 0.2) is 59.5 Å². The first-order chi connectivity index (χ1) is 18.0. The van der Waals surface area contributed by atoms with E-state index in [9.17, 15) is 23.1 Å². The number of ether oxygens (including phenoxy) is 1. The number of sulfonamides is 1. The molecule has 202 valence electrons. The number of carbonyl (C=O) groups is 2. The Morgan fingerprint density at radius 1 is 1.08 bits per heavy atom. The summed E-state index contributed by atoms with van der Waals surface area (Å²) in [5, 5.41) is 15.0. The highest BCUT2D eigenvalue weighted by Crippen LogP contribution is 2.61. The molecular formula is C30H35NO6S. The van der Waals surface area contributed by atoms with Crippen molar-refractivity contribution in [3.05, 3.63) is 71.3 Å². The van der Waals surface area contributed by atoms with Crippen molar-refractivity contribution < 1.29 is 27.9 Å². The second kappa shape index (κ2) is 10.3. The Kier molecular flexibility index (Phi) is 7.22. The number of hydrogen-bond donors (Lipinski definition) is 2. The monoisotopic (exact) mass is 537 g/mol. The van der Waals surface area contributed by atoms with E-state index in [0.717, 1.165) is 44.1 Å². The van der Waals surface area contributed by atoms with Crippen LogP contribution in [0.5, 0.6) is 5.75 Å². The molecule has 0 radical (unpaired) electrons. The molecular weight excluding hydrogens is 502 g/mol. The molecule has 38 heavy (non-hydrogen) atoms. The lowest BCUT2D eigenvalue weighted by Crippen LogP contribution is -2.45. The highest BCUT2D eigenvalue weighted by atomic mass is 32.2. The van der Waals surface area contributed by atoms with Crippen molar-refractivity contribution in [2.75, 3.05) is 0 Å². The number of rotatable bonds is 7. The number of primary sulfonamides is 1. The maximum absolute atomic E-state index is 12.7. The Morgan fingerprint density at radius 2 is 1.84 bits per heavy atom. The minimum atomic E-state index is -3.75. The van der Waals surface area contributed by atoms with Gasteiger partial charge in [-0.15, -0.1) is 0 Å². The molecule has 3 unspecified atom stereocenters. The van der Waals surface area contributed by atoms with Crippen LogP contribution in [-0.4, -0.2) is 31.4 Å². The lowest BCUT2D eigenvalue weighted by molar-refractivity contribution is -0.151. The molecule has 7 nitrogen and oxygen atoms in total. The molecule has 0 bridgehead atoms. The Hall–Kier alpha value is -2.97. The van der Waals surface area contributed by atoms with Crippen molar-refractivity contribution in [2.45, 2.75) is 75.2 Å². The number of esters is 1. The largest absolute Gasteiger partial charge is 0.508 e. The van der Waals surface area contributed by atoms with E-state index in [1.807, 2.05) is 6.07 Å². The van der Waals surface area contributed by atoms with Gasteiger partial charge < -0.3 is 9.84 Å². The number of phenols is 1. The van der Waals surface area contributed by atoms with Crippen molar-refractivity contribution in [2.24, 2.45) is 22.4 Å². The molecule has 2 aromatic rings. The molecule has 2 saturated carbocycles. The van der Waals surface area contributed by atoms with Gasteiger partial charge in [0, 0.05) is 17.9 Å². The van der Waals surface area contributed by atoms with Gasteiger partial charge in [0.15, 0.2) is 5.78 Å². The summed E-state index contributed by atoms with van der Waals surface area (Å²) in [5.74, 6) is 1.22. The SMILES string of the molecule is C[C@]12CCC3c4ccc(O)cc4CCC3C1CC[C@@H]2OC(=O)/C=C/C(=O)CCc1ccc(S(N)(=O)=O)cc1. The summed E-state index contributed by atoms with van der Waals surface area (Å²) in [5.41, 5.74) is 3.39. The molecule has 8 heteroatoms. The Morgan fingerprint density at radius 3 is 2.58 bits per heavy atom. The van der Waals surface area contributed by atoms with Crippen LogP contribution < -0.4 is 5.14 Å². The van der Waals surface area contributed by atoms with Gasteiger partial charge in [-0.1, -0.05) is 25.1 Å². The topological polar surface area (TPSA) is 124 Å². The molecule has 2 aromatic carbocycles. The third-order valence-corrected chi connectivity index (χ3v) is 10.1. The fraction of sp³-hybridized carbons (Fsp3) is 0.467. The number of allylic oxidation sites excluding steroid dienone is 1. The molecule has 3 aliphatic rings. The lowest BCUT2D eigenvalue weighted by Gasteiger charge is -2.50. The second-order valence-electron chi connectivity index (χ2n) is 11.3. The minimum Gasteiger partial charge on any atom is -0.508 e. The van der Waals surface area contributed by atoms with Gasteiger partial charge in [-0.2, -0.15) is 0 Å². The van der Waals surface area contributed by atoms with E-state index in [4.69, 9.17) is 9.88 Å². The summed E-state index contributed by atoms with van der Waals surface area (Å²) >= 11 is 0. The van der Waals surface area contributed by atoms with Crippen LogP contribution in [0, 0.1) is 17.3 Å². The van der Waals surface area contributed by atoms with Crippen molar-refractivity contribution in [3.8, 4) is 5.75 Å². The first-order valence-corrected chi connectivity index (χ1v) is 14.9. The van der Waals surface area contributed by atoms with E-state index in [0.29, 0.717) is 29.9 Å². The van der Waals surface area contributed by atoms with Gasteiger partial charge in [0.25, 0.3) is 0 Å². The number of hydrogen-bond acceptors (Lipinski definition) is 6. The van der Waals surface area contributed by atoms with E-state index in [-0.39, 0.29) is 28.6 Å². The number of nitrogens with two attached hydrogens (primary N) is 1. The number of fused-ring (bicyclic) bond motifs is 5. The molecule has 0 spiro atoms. The quantitative estimate of drug-likeness (QED) is 0.394. The summed E-state index contributed by atoms with van der Waals surface area (Å²) < 4.78 is 28.6. The Labute approximate surface area is 224 Å². The number of aromatic hydroxyl groups is 1. The number of ketones is 1. The normalized spacial score (nSPS) is 28.4. The van der Waals surface area contributed by atoms with Gasteiger partial charge >= 0.3 is 5.97 Å². The Bertz CT molecular complexity index is 1370. The predicted octanol–water partition coefficient (Wildman–Crippen LogP) is 4.57. The predicted molar refractivity (Wildman–Crippen MR) is 143 cm³/mol. The van der Waals surface area contributed by atoms with Crippen molar-refractivity contribution in [1.82, 2.24) is 0 Å². The summed E-state index contributed by atoms with van der Waals surface area (Å²) in [6.45, 7) is 2.27. The maximum Gasteiger partial charge on any atom is 0.331 e. The zero-order chi connectivity index (χ0) is 27.1. The summed E-state index contributed by atoms with van der Waals surface area (Å²) in [7, 11) is -3.75. The highest BCUT2D eigenvalue weighted by Gasteiger charge is 2.56. The van der Waals surface area contributed by atoms with Crippen LogP contribution in [0.3, 0.4) is 0 Å². The third-order valence-electron chi connectivity index (χ3n) is 9.20. The van der Waals surface area contributed by atoms with Crippen LogP contribution in [0.2, 0.25) is 0 Å². The molecule has 5 atom stereocenters. The van der Waals surface area contributed by atoms with E-state index >= 15 is 0 Å². The van der Waals surface area contributed by atoms with Crippen LogP contribution >= 0.6 is 0 Å². The van der Waals surface area contributed by atoms with Gasteiger partial charge in [-0.3, -0.25) is 4.79 Å². The number of carbonyl (C=O) groups excluding carboxylic acids is 2. The van der Waals surface area contributed by atoms with Gasteiger partial charge in [0.2, 0.25) is 10.0 Å². The van der Waals surface area contributed by atoms with Crippen LogP contribution in [0.4, 0.5) is 0 Å². The standard InChI is InChI=1S/C30H35NO6S/c1-30-17-16-25-24-12-7-22(33)18-20(24)5-11-26(25)27(30)13-14-28(30)37-29(34)15-8-21(32)6-2-19-3-9-23(10-4-19)38(31,35)36/h3-4,7-10,12,15,18,25-28,33H,2,5-6,11,13-14,16-17H2,1H3,(H2,31,35,36)/b15-8+/t25?,26?,27?,28-,30-/m0/s1. The lowest BCUT2D eigenvalue weighted by atomic mass is 9.55. The van der Waals surface area contributed by atoms with Gasteiger partial charge in [-0.25, -0.2) is 18.4 Å². The fourth-order valence-electron chi connectivity index (χ4n) is 7.25. The first kappa shape index (κ1) is 26.6. The number of benzene rings is 2. The zero-order valence-corrected chi connectivity index (χ0v) is 22.5. The molecule has 0 heterocycles. The van der Waals surface area contributed by atoms with Crippen molar-refractivity contribution in [3.63, 3.8) is 0 Å². The number of phenolic OH excluding ortho intramolecular Hbond substituents is 1. The fourth-order valence-corrected chi connectivity index (χ4v) is 7.77. The molecule has 0 amide bonds. The van der Waals surface area contributed by atoms with E-state index in [1.165, 1.54) is 35.4 Å². The molecule has 0 saturated heterocycles. The van der Waals surface area contributed by atoms with E-state index < -0.39 is 16.0 Å². The summed E-state index contributed by atoms with van der Waals surface area (Å²) in [6.07, 6.45) is 8.98. The van der Waals surface area contributed by atoms with Crippen molar-refractivity contribution in [1.29, 1.82) is 0 Å². The number of aryl methyl sites for hydroxylation is 2. The minimum absolute atomic E-state index is 0.0279. The molecule has 2 fully saturated rings. The van der Waals surface area contributed by atoms with Crippen LogP contribution in [0.1, 0.15) is 68.1 Å². The van der Waals surface area contributed by atoms with Crippen molar-refractivity contribution >= 4 is 21.8 Å². The molecule has 3 N–H and O–H groups in total. The molecule has 5 rings (SSSR count). The molecule has 3 aliphatic carbocycles.